The minimum atomic E-state index is -0.159. The number of aryl methyl sites for hydroxylation is 1. The van der Waals surface area contributed by atoms with Gasteiger partial charge < -0.3 is 15.1 Å². The first-order chi connectivity index (χ1) is 18.5. The number of piperidine rings is 1. The van der Waals surface area contributed by atoms with Crippen molar-refractivity contribution in [1.82, 2.24) is 15.2 Å². The van der Waals surface area contributed by atoms with Crippen molar-refractivity contribution in [2.45, 2.75) is 38.0 Å². The molecule has 1 N–H and O–H groups in total. The summed E-state index contributed by atoms with van der Waals surface area (Å²) in [6, 6.07) is 17.4. The number of aromatic nitrogens is 1. The van der Waals surface area contributed by atoms with Crippen LogP contribution in [-0.4, -0.2) is 54.4 Å². The molecule has 0 saturated carbocycles. The van der Waals surface area contributed by atoms with E-state index in [4.69, 9.17) is 11.6 Å². The number of hydrogen-bond donors (Lipinski definition) is 1. The predicted molar refractivity (Wildman–Crippen MR) is 150 cm³/mol. The van der Waals surface area contributed by atoms with E-state index >= 15 is 0 Å². The summed E-state index contributed by atoms with van der Waals surface area (Å²) in [6.45, 7) is 4.26. The number of pyridine rings is 1. The number of likely N-dealkylation sites (tertiary alicyclic amines) is 1. The normalized spacial score (nSPS) is 20.0. The highest BCUT2D eigenvalue weighted by Crippen LogP contribution is 2.42. The number of nitrogens with one attached hydrogen (secondary N) is 1. The highest BCUT2D eigenvalue weighted by atomic mass is 35.5. The molecule has 1 aliphatic carbocycles. The Kier molecular flexibility index (Phi) is 6.83. The molecule has 6 rings (SSSR count). The molecule has 0 radical (unpaired) electrons. The molecule has 3 heterocycles. The molecule has 2 fully saturated rings. The van der Waals surface area contributed by atoms with Gasteiger partial charge in [0.2, 0.25) is 0 Å². The van der Waals surface area contributed by atoms with E-state index in [1.807, 2.05) is 35.5 Å². The van der Waals surface area contributed by atoms with Gasteiger partial charge in [-0.25, -0.2) is 0 Å². The number of nitrogens with zero attached hydrogens (tertiary/aromatic N) is 3. The van der Waals surface area contributed by atoms with E-state index in [9.17, 15) is 9.59 Å². The van der Waals surface area contributed by atoms with Gasteiger partial charge in [-0.3, -0.25) is 14.6 Å². The van der Waals surface area contributed by atoms with Crippen LogP contribution in [0.1, 0.15) is 63.4 Å². The Labute approximate surface area is 229 Å². The number of hydrogen-bond acceptors (Lipinski definition) is 4. The zero-order valence-corrected chi connectivity index (χ0v) is 22.3. The van der Waals surface area contributed by atoms with Gasteiger partial charge in [0, 0.05) is 62.3 Å². The van der Waals surface area contributed by atoms with E-state index in [2.05, 4.69) is 39.5 Å². The predicted octanol–water partition coefficient (Wildman–Crippen LogP) is 5.33. The van der Waals surface area contributed by atoms with Crippen LogP contribution in [0.25, 0.3) is 0 Å². The van der Waals surface area contributed by atoms with E-state index in [1.165, 1.54) is 23.2 Å². The van der Waals surface area contributed by atoms with Crippen LogP contribution in [-0.2, 0) is 6.42 Å². The van der Waals surface area contributed by atoms with Gasteiger partial charge in [0.05, 0.1) is 10.6 Å². The summed E-state index contributed by atoms with van der Waals surface area (Å²) in [4.78, 5) is 34.8. The Hall–Kier alpha value is -3.38. The first kappa shape index (κ1) is 24.9. The fraction of sp³-hybridized carbons (Fsp3) is 0.387. The summed E-state index contributed by atoms with van der Waals surface area (Å²) in [5, 5.41) is 3.51. The molecule has 38 heavy (non-hydrogen) atoms. The van der Waals surface area contributed by atoms with Gasteiger partial charge in [-0.1, -0.05) is 29.8 Å². The standard InChI is InChI=1S/C31H33ClN4O2/c32-28-4-2-1-3-26(28)29(37)34-20-24-8-6-22-5-7-23(19-27(22)24)30(38)35-16-11-31(12-17-35)13-18-36(21-31)25-9-14-33-15-10-25/h1-5,7,9-10,14-15,19,24H,6,8,11-13,16-18,20-21H2,(H,34,37). The summed E-state index contributed by atoms with van der Waals surface area (Å²) in [6.07, 6.45) is 8.92. The van der Waals surface area contributed by atoms with E-state index in [0.717, 1.165) is 57.4 Å². The minimum absolute atomic E-state index is 0.123. The Morgan fingerprint density at radius 2 is 1.76 bits per heavy atom. The highest BCUT2D eigenvalue weighted by Gasteiger charge is 2.41. The number of halogens is 1. The molecule has 7 heteroatoms. The third-order valence-corrected chi connectivity index (χ3v) is 9.13. The Morgan fingerprint density at radius 1 is 1.00 bits per heavy atom. The lowest BCUT2D eigenvalue weighted by Crippen LogP contribution is -2.44. The molecule has 196 valence electrons. The molecule has 6 nitrogen and oxygen atoms in total. The van der Waals surface area contributed by atoms with Crippen molar-refractivity contribution < 1.29 is 9.59 Å². The van der Waals surface area contributed by atoms with Crippen molar-refractivity contribution in [1.29, 1.82) is 0 Å². The van der Waals surface area contributed by atoms with Crippen LogP contribution >= 0.6 is 11.6 Å². The maximum Gasteiger partial charge on any atom is 0.253 e. The number of fused-ring (bicyclic) bond motifs is 1. The van der Waals surface area contributed by atoms with Crippen molar-refractivity contribution in [3.05, 3.63) is 94.3 Å². The molecule has 2 aromatic carbocycles. The van der Waals surface area contributed by atoms with Crippen LogP contribution in [0.5, 0.6) is 0 Å². The van der Waals surface area contributed by atoms with Crippen molar-refractivity contribution in [3.8, 4) is 0 Å². The van der Waals surface area contributed by atoms with E-state index in [0.29, 0.717) is 22.5 Å². The molecule has 2 amide bonds. The van der Waals surface area contributed by atoms with E-state index in [1.54, 1.807) is 12.1 Å². The van der Waals surface area contributed by atoms with Crippen molar-refractivity contribution >= 4 is 29.1 Å². The van der Waals surface area contributed by atoms with Crippen molar-refractivity contribution in [3.63, 3.8) is 0 Å². The van der Waals surface area contributed by atoms with Gasteiger partial charge in [-0.2, -0.15) is 0 Å². The second-order valence-corrected chi connectivity index (χ2v) is 11.4. The van der Waals surface area contributed by atoms with Crippen LogP contribution in [0, 0.1) is 5.41 Å². The van der Waals surface area contributed by atoms with E-state index in [-0.39, 0.29) is 17.7 Å². The molecular formula is C31H33ClN4O2. The van der Waals surface area contributed by atoms with Crippen molar-refractivity contribution in [2.75, 3.05) is 37.6 Å². The second-order valence-electron chi connectivity index (χ2n) is 11.0. The fourth-order valence-electron chi connectivity index (χ4n) is 6.47. The van der Waals surface area contributed by atoms with E-state index < -0.39 is 0 Å². The summed E-state index contributed by atoms with van der Waals surface area (Å²) >= 11 is 6.19. The van der Waals surface area contributed by atoms with Gasteiger partial charge in [0.15, 0.2) is 0 Å². The largest absolute Gasteiger partial charge is 0.371 e. The molecule has 2 aliphatic heterocycles. The molecular weight excluding hydrogens is 496 g/mol. The Balaban J connectivity index is 1.07. The third-order valence-electron chi connectivity index (χ3n) is 8.80. The molecule has 3 aromatic rings. The molecule has 1 aromatic heterocycles. The first-order valence-electron chi connectivity index (χ1n) is 13.6. The number of amides is 2. The maximum atomic E-state index is 13.5. The molecule has 3 aliphatic rings. The lowest BCUT2D eigenvalue weighted by molar-refractivity contribution is 0.0610. The monoisotopic (exact) mass is 528 g/mol. The quantitative estimate of drug-likeness (QED) is 0.486. The first-order valence-corrected chi connectivity index (χ1v) is 14.0. The minimum Gasteiger partial charge on any atom is -0.371 e. The number of benzene rings is 2. The van der Waals surface area contributed by atoms with Gasteiger partial charge in [-0.05, 0) is 85.0 Å². The van der Waals surface area contributed by atoms with Crippen LogP contribution in [0.3, 0.4) is 0 Å². The summed E-state index contributed by atoms with van der Waals surface area (Å²) in [5.41, 5.74) is 5.25. The molecule has 1 spiro atoms. The molecule has 1 atom stereocenters. The lowest BCUT2D eigenvalue weighted by atomic mass is 9.77. The zero-order chi connectivity index (χ0) is 26.1. The van der Waals surface area contributed by atoms with Crippen LogP contribution in [0.15, 0.2) is 67.0 Å². The highest BCUT2D eigenvalue weighted by molar-refractivity contribution is 6.33. The Bertz CT molecular complexity index is 1340. The smallest absolute Gasteiger partial charge is 0.253 e. The van der Waals surface area contributed by atoms with Crippen LogP contribution < -0.4 is 10.2 Å². The van der Waals surface area contributed by atoms with Gasteiger partial charge in [0.25, 0.3) is 11.8 Å². The molecule has 0 bridgehead atoms. The summed E-state index contributed by atoms with van der Waals surface area (Å²) in [5.74, 6) is 0.164. The number of rotatable bonds is 5. The number of carbonyl (C=O) groups is 2. The van der Waals surface area contributed by atoms with Gasteiger partial charge in [-0.15, -0.1) is 0 Å². The molecule has 1 unspecified atom stereocenters. The topological polar surface area (TPSA) is 65.5 Å². The number of carbonyl (C=O) groups excluding carboxylic acids is 2. The SMILES string of the molecule is O=C(NCC1CCc2ccc(C(=O)N3CCC4(CC3)CCN(c3ccncc3)C4)cc21)c1ccccc1Cl. The fourth-order valence-corrected chi connectivity index (χ4v) is 6.70. The molecule has 2 saturated heterocycles. The average Bonchev–Trinajstić information content (AvgIpc) is 3.56. The number of anilines is 1. The van der Waals surface area contributed by atoms with Crippen LogP contribution in [0.4, 0.5) is 5.69 Å². The zero-order valence-electron chi connectivity index (χ0n) is 21.5. The summed E-state index contributed by atoms with van der Waals surface area (Å²) in [7, 11) is 0. The average molecular weight is 529 g/mol. The third kappa shape index (κ3) is 4.90. The van der Waals surface area contributed by atoms with Gasteiger partial charge >= 0.3 is 0 Å². The lowest BCUT2D eigenvalue weighted by Gasteiger charge is -2.39. The summed E-state index contributed by atoms with van der Waals surface area (Å²) < 4.78 is 0. The Morgan fingerprint density at radius 3 is 2.55 bits per heavy atom. The second kappa shape index (κ2) is 10.4. The van der Waals surface area contributed by atoms with Crippen LogP contribution in [0.2, 0.25) is 5.02 Å². The van der Waals surface area contributed by atoms with Gasteiger partial charge in [0.1, 0.15) is 0 Å². The maximum absolute atomic E-state index is 13.5. The van der Waals surface area contributed by atoms with Crippen molar-refractivity contribution in [2.24, 2.45) is 5.41 Å².